The molecule has 0 saturated carbocycles. The molecule has 136 valence electrons. The fourth-order valence-corrected chi connectivity index (χ4v) is 2.86. The van der Waals surface area contributed by atoms with Crippen molar-refractivity contribution in [2.75, 3.05) is 6.61 Å². The van der Waals surface area contributed by atoms with Crippen molar-refractivity contribution < 1.29 is 9.53 Å². The van der Waals surface area contributed by atoms with E-state index in [1.165, 1.54) is 0 Å². The Morgan fingerprint density at radius 3 is 2.56 bits per heavy atom. The largest absolute Gasteiger partial charge is 0.491 e. The lowest BCUT2D eigenvalue weighted by Gasteiger charge is -2.20. The second-order valence-corrected chi connectivity index (χ2v) is 6.62. The Kier molecular flexibility index (Phi) is 6.20. The minimum atomic E-state index is -0.540. The number of fused-ring (bicyclic) bond motifs is 1. The molecule has 1 heterocycles. The summed E-state index contributed by atoms with van der Waals surface area (Å²) < 4.78 is 7.69. The van der Waals surface area contributed by atoms with Gasteiger partial charge >= 0.3 is 0 Å². The molecule has 0 fully saturated rings. The molecule has 0 saturated heterocycles. The Morgan fingerprint density at radius 2 is 2.00 bits per heavy atom. The normalized spacial score (nSPS) is 11.2. The maximum atomic E-state index is 12.9. The first-order valence-corrected chi connectivity index (χ1v) is 8.72. The number of hydrogen-bond acceptors (Lipinski definition) is 4. The predicted molar refractivity (Wildman–Crippen MR) is 99.9 cm³/mol. The highest BCUT2D eigenvalue weighted by atomic mass is 16.5. The SMILES string of the molecule is CCCCOc1c(CN)n(CC(C)C)c(=O)c2ccc(C(N)=O)cc12. The number of pyridine rings is 1. The van der Waals surface area contributed by atoms with Gasteiger partial charge in [-0.25, -0.2) is 0 Å². The summed E-state index contributed by atoms with van der Waals surface area (Å²) in [6, 6.07) is 4.84. The lowest BCUT2D eigenvalue weighted by Crippen LogP contribution is -2.28. The zero-order valence-corrected chi connectivity index (χ0v) is 15.2. The van der Waals surface area contributed by atoms with Crippen molar-refractivity contribution in [2.24, 2.45) is 17.4 Å². The lowest BCUT2D eigenvalue weighted by molar-refractivity contribution is 0.100. The van der Waals surface area contributed by atoms with E-state index in [0.29, 0.717) is 40.9 Å². The van der Waals surface area contributed by atoms with E-state index in [0.717, 1.165) is 12.8 Å². The monoisotopic (exact) mass is 345 g/mol. The first kappa shape index (κ1) is 19.0. The first-order valence-electron chi connectivity index (χ1n) is 8.72. The van der Waals surface area contributed by atoms with Gasteiger partial charge in [0.15, 0.2) is 0 Å². The Morgan fingerprint density at radius 1 is 1.28 bits per heavy atom. The van der Waals surface area contributed by atoms with Gasteiger partial charge in [0, 0.05) is 24.0 Å². The topological polar surface area (TPSA) is 100 Å². The molecule has 0 bridgehead atoms. The molecule has 1 amide bonds. The molecule has 0 unspecified atom stereocenters. The summed E-state index contributed by atoms with van der Waals surface area (Å²) in [6.45, 7) is 7.44. The number of hydrogen-bond donors (Lipinski definition) is 2. The number of ether oxygens (including phenoxy) is 1. The van der Waals surface area contributed by atoms with E-state index in [1.807, 2.05) is 13.8 Å². The van der Waals surface area contributed by atoms with Crippen molar-refractivity contribution in [1.82, 2.24) is 4.57 Å². The number of aromatic nitrogens is 1. The average molecular weight is 345 g/mol. The number of primary amides is 1. The summed E-state index contributed by atoms with van der Waals surface area (Å²) in [5.41, 5.74) is 12.2. The van der Waals surface area contributed by atoms with Crippen LogP contribution in [-0.4, -0.2) is 17.1 Å². The van der Waals surface area contributed by atoms with Crippen molar-refractivity contribution in [3.63, 3.8) is 0 Å². The smallest absolute Gasteiger partial charge is 0.258 e. The summed E-state index contributed by atoms with van der Waals surface area (Å²) in [4.78, 5) is 24.5. The van der Waals surface area contributed by atoms with Crippen LogP contribution in [0.5, 0.6) is 5.75 Å². The van der Waals surface area contributed by atoms with Gasteiger partial charge in [-0.3, -0.25) is 9.59 Å². The molecule has 2 aromatic rings. The standard InChI is InChI=1S/C19H27N3O3/c1-4-5-8-25-17-15-9-13(18(21)23)6-7-14(15)19(24)22(11-12(2)3)16(17)10-20/h6-7,9,12H,4-5,8,10-11,20H2,1-3H3,(H2,21,23). The van der Waals surface area contributed by atoms with Crippen LogP contribution in [0.15, 0.2) is 23.0 Å². The molecule has 2 rings (SSSR count). The van der Waals surface area contributed by atoms with Crippen LogP contribution in [0.2, 0.25) is 0 Å². The van der Waals surface area contributed by atoms with Gasteiger partial charge in [-0.2, -0.15) is 0 Å². The van der Waals surface area contributed by atoms with E-state index in [4.69, 9.17) is 16.2 Å². The number of amides is 1. The fraction of sp³-hybridized carbons (Fsp3) is 0.474. The van der Waals surface area contributed by atoms with E-state index in [1.54, 1.807) is 22.8 Å². The van der Waals surface area contributed by atoms with Gasteiger partial charge in [-0.05, 0) is 30.5 Å². The Bertz CT molecular complexity index is 825. The summed E-state index contributed by atoms with van der Waals surface area (Å²) in [5.74, 6) is 0.324. The van der Waals surface area contributed by atoms with Gasteiger partial charge < -0.3 is 20.8 Å². The average Bonchev–Trinajstić information content (AvgIpc) is 2.57. The van der Waals surface area contributed by atoms with Crippen LogP contribution in [0.25, 0.3) is 10.8 Å². The molecule has 25 heavy (non-hydrogen) atoms. The van der Waals surface area contributed by atoms with Crippen molar-refractivity contribution in [1.29, 1.82) is 0 Å². The molecule has 6 heteroatoms. The van der Waals surface area contributed by atoms with Gasteiger partial charge in [0.05, 0.1) is 17.7 Å². The van der Waals surface area contributed by atoms with E-state index in [9.17, 15) is 9.59 Å². The third-order valence-corrected chi connectivity index (χ3v) is 4.10. The van der Waals surface area contributed by atoms with Crippen molar-refractivity contribution >= 4 is 16.7 Å². The van der Waals surface area contributed by atoms with Crippen LogP contribution in [0, 0.1) is 5.92 Å². The summed E-state index contributed by atoms with van der Waals surface area (Å²) in [5, 5.41) is 1.10. The first-order chi connectivity index (χ1) is 11.9. The van der Waals surface area contributed by atoms with Crippen molar-refractivity contribution in [3.8, 4) is 5.75 Å². The van der Waals surface area contributed by atoms with Crippen LogP contribution in [-0.2, 0) is 13.1 Å². The maximum absolute atomic E-state index is 12.9. The molecule has 0 spiro atoms. The molecule has 0 aliphatic heterocycles. The van der Waals surface area contributed by atoms with E-state index in [2.05, 4.69) is 6.92 Å². The molecular weight excluding hydrogens is 318 g/mol. The Hall–Kier alpha value is -2.34. The minimum Gasteiger partial charge on any atom is -0.491 e. The molecule has 1 aromatic carbocycles. The minimum absolute atomic E-state index is 0.122. The van der Waals surface area contributed by atoms with Crippen LogP contribution in [0.4, 0.5) is 0 Å². The van der Waals surface area contributed by atoms with E-state index >= 15 is 0 Å². The fourth-order valence-electron chi connectivity index (χ4n) is 2.86. The second-order valence-electron chi connectivity index (χ2n) is 6.62. The molecule has 1 aromatic heterocycles. The third-order valence-electron chi connectivity index (χ3n) is 4.10. The summed E-state index contributed by atoms with van der Waals surface area (Å²) >= 11 is 0. The van der Waals surface area contributed by atoms with Gasteiger partial charge in [0.25, 0.3) is 5.56 Å². The van der Waals surface area contributed by atoms with Gasteiger partial charge in [0.2, 0.25) is 5.91 Å². The molecule has 0 radical (unpaired) electrons. The predicted octanol–water partition coefficient (Wildman–Crippen LogP) is 2.39. The van der Waals surface area contributed by atoms with Gasteiger partial charge in [-0.15, -0.1) is 0 Å². The van der Waals surface area contributed by atoms with Crippen molar-refractivity contribution in [2.45, 2.75) is 46.7 Å². The maximum Gasteiger partial charge on any atom is 0.258 e. The van der Waals surface area contributed by atoms with Gasteiger partial charge in [0.1, 0.15) is 5.75 Å². The molecule has 6 nitrogen and oxygen atoms in total. The van der Waals surface area contributed by atoms with E-state index in [-0.39, 0.29) is 18.0 Å². The lowest BCUT2D eigenvalue weighted by atomic mass is 10.0. The third kappa shape index (κ3) is 4.02. The number of unbranched alkanes of at least 4 members (excludes halogenated alkanes) is 1. The van der Waals surface area contributed by atoms with Crippen LogP contribution >= 0.6 is 0 Å². The number of carbonyl (C=O) groups is 1. The van der Waals surface area contributed by atoms with Crippen LogP contribution in [0.1, 0.15) is 49.7 Å². The number of carbonyl (C=O) groups excluding carboxylic acids is 1. The highest BCUT2D eigenvalue weighted by molar-refractivity contribution is 5.99. The quantitative estimate of drug-likeness (QED) is 0.717. The Labute approximate surface area is 147 Å². The number of rotatable bonds is 8. The highest BCUT2D eigenvalue weighted by Crippen LogP contribution is 2.29. The molecule has 0 atom stereocenters. The van der Waals surface area contributed by atoms with Crippen molar-refractivity contribution in [3.05, 3.63) is 39.8 Å². The molecule has 0 aliphatic rings. The molecule has 4 N–H and O–H groups in total. The number of benzene rings is 1. The van der Waals surface area contributed by atoms with Gasteiger partial charge in [-0.1, -0.05) is 27.2 Å². The summed E-state index contributed by atoms with van der Waals surface area (Å²) in [7, 11) is 0. The second kappa shape index (κ2) is 8.16. The highest BCUT2D eigenvalue weighted by Gasteiger charge is 2.19. The van der Waals surface area contributed by atoms with Crippen LogP contribution < -0.4 is 21.8 Å². The molecule has 0 aliphatic carbocycles. The zero-order chi connectivity index (χ0) is 18.6. The van der Waals surface area contributed by atoms with Crippen LogP contribution in [0.3, 0.4) is 0 Å². The molecular formula is C19H27N3O3. The number of nitrogens with two attached hydrogens (primary N) is 2. The zero-order valence-electron chi connectivity index (χ0n) is 15.2. The number of nitrogens with zero attached hydrogens (tertiary/aromatic N) is 1. The Balaban J connectivity index is 2.78. The van der Waals surface area contributed by atoms with E-state index < -0.39 is 5.91 Å². The summed E-state index contributed by atoms with van der Waals surface area (Å²) in [6.07, 6.45) is 1.89.